The van der Waals surface area contributed by atoms with E-state index in [0.717, 1.165) is 50.2 Å². The van der Waals surface area contributed by atoms with Gasteiger partial charge in [-0.15, -0.1) is 0 Å². The molecule has 1 aliphatic heterocycles. The molecule has 0 amide bonds. The van der Waals surface area contributed by atoms with Gasteiger partial charge in [-0.25, -0.2) is 4.68 Å². The van der Waals surface area contributed by atoms with Gasteiger partial charge < -0.3 is 9.47 Å². The van der Waals surface area contributed by atoms with Crippen molar-refractivity contribution in [1.82, 2.24) is 14.8 Å². The minimum Gasteiger partial charge on any atom is -0.486 e. The molecule has 164 valence electrons. The van der Waals surface area contributed by atoms with Gasteiger partial charge in [0.1, 0.15) is 18.9 Å². The molecule has 0 bridgehead atoms. The van der Waals surface area contributed by atoms with Gasteiger partial charge >= 0.3 is 0 Å². The van der Waals surface area contributed by atoms with Crippen LogP contribution in [0.1, 0.15) is 26.3 Å². The van der Waals surface area contributed by atoms with Crippen molar-refractivity contribution in [3.8, 4) is 28.4 Å². The van der Waals surface area contributed by atoms with Crippen LogP contribution in [0.2, 0.25) is 0 Å². The Morgan fingerprint density at radius 3 is 2.21 bits per heavy atom. The van der Waals surface area contributed by atoms with Crippen molar-refractivity contribution in [2.24, 2.45) is 0 Å². The zero-order valence-electron chi connectivity index (χ0n) is 19.0. The SMILES string of the molecule is CC(C)(C)c1ccc(-n2nc(-c3ccccc3)c3cnc4cc5c(cc4c32)OCCO5)cc1. The highest BCUT2D eigenvalue weighted by Crippen LogP contribution is 2.39. The van der Waals surface area contributed by atoms with Crippen LogP contribution >= 0.6 is 0 Å². The van der Waals surface area contributed by atoms with E-state index in [0.29, 0.717) is 13.2 Å². The maximum absolute atomic E-state index is 5.89. The molecule has 33 heavy (non-hydrogen) atoms. The fourth-order valence-corrected chi connectivity index (χ4v) is 4.42. The van der Waals surface area contributed by atoms with E-state index in [1.54, 1.807) is 0 Å². The van der Waals surface area contributed by atoms with Crippen molar-refractivity contribution in [3.63, 3.8) is 0 Å². The Bertz CT molecular complexity index is 1480. The number of rotatable bonds is 2. The van der Waals surface area contributed by atoms with E-state index in [1.807, 2.05) is 41.2 Å². The Morgan fingerprint density at radius 2 is 1.52 bits per heavy atom. The number of benzene rings is 3. The average molecular weight is 436 g/mol. The molecule has 2 aromatic heterocycles. The first-order chi connectivity index (χ1) is 16.0. The largest absolute Gasteiger partial charge is 0.486 e. The standard InChI is InChI=1S/C28H25N3O2/c1-28(2,3)19-9-11-20(12-10-19)31-27-21-15-24-25(33-14-13-32-24)16-23(21)29-17-22(27)26(30-31)18-7-5-4-6-8-18/h4-12,15-17H,13-14H2,1-3H3. The Kier molecular flexibility index (Phi) is 4.40. The summed E-state index contributed by atoms with van der Waals surface area (Å²) in [4.78, 5) is 4.77. The predicted molar refractivity (Wildman–Crippen MR) is 131 cm³/mol. The zero-order chi connectivity index (χ0) is 22.6. The Balaban J connectivity index is 1.65. The Labute approximate surface area is 192 Å². The molecular weight excluding hydrogens is 410 g/mol. The zero-order valence-corrected chi connectivity index (χ0v) is 19.0. The molecule has 5 nitrogen and oxygen atoms in total. The van der Waals surface area contributed by atoms with E-state index >= 15 is 0 Å². The first kappa shape index (κ1) is 19.8. The molecule has 3 aromatic carbocycles. The van der Waals surface area contributed by atoms with Crippen LogP contribution < -0.4 is 9.47 Å². The van der Waals surface area contributed by atoms with Gasteiger partial charge in [-0.2, -0.15) is 5.10 Å². The molecule has 5 heteroatoms. The first-order valence-corrected chi connectivity index (χ1v) is 11.3. The summed E-state index contributed by atoms with van der Waals surface area (Å²) in [6.07, 6.45) is 1.92. The molecule has 0 unspecified atom stereocenters. The van der Waals surface area contributed by atoms with Crippen molar-refractivity contribution in [3.05, 3.63) is 78.5 Å². The molecular formula is C28H25N3O2. The maximum Gasteiger partial charge on any atom is 0.163 e. The monoisotopic (exact) mass is 435 g/mol. The van der Waals surface area contributed by atoms with Gasteiger partial charge in [-0.3, -0.25) is 4.98 Å². The number of fused-ring (bicyclic) bond motifs is 4. The molecule has 3 heterocycles. The van der Waals surface area contributed by atoms with E-state index in [9.17, 15) is 0 Å². The number of hydrogen-bond acceptors (Lipinski definition) is 4. The van der Waals surface area contributed by atoms with Crippen molar-refractivity contribution < 1.29 is 9.47 Å². The van der Waals surface area contributed by atoms with Crippen LogP contribution in [0.5, 0.6) is 11.5 Å². The van der Waals surface area contributed by atoms with E-state index in [4.69, 9.17) is 19.6 Å². The number of aromatic nitrogens is 3. The van der Waals surface area contributed by atoms with Crippen LogP contribution in [0.25, 0.3) is 38.8 Å². The number of pyridine rings is 1. The third kappa shape index (κ3) is 3.32. The molecule has 0 atom stereocenters. The number of nitrogens with zero attached hydrogens (tertiary/aromatic N) is 3. The molecule has 0 saturated heterocycles. The number of hydrogen-bond donors (Lipinski definition) is 0. The summed E-state index contributed by atoms with van der Waals surface area (Å²) in [5, 5.41) is 7.09. The summed E-state index contributed by atoms with van der Waals surface area (Å²) in [6.45, 7) is 7.78. The van der Waals surface area contributed by atoms with Gasteiger partial charge in [-0.05, 0) is 29.2 Å². The van der Waals surface area contributed by atoms with Crippen molar-refractivity contribution >= 4 is 21.8 Å². The van der Waals surface area contributed by atoms with E-state index in [1.165, 1.54) is 5.56 Å². The normalized spacial score (nSPS) is 13.5. The highest BCUT2D eigenvalue weighted by atomic mass is 16.6. The van der Waals surface area contributed by atoms with Crippen molar-refractivity contribution in [1.29, 1.82) is 0 Å². The summed E-state index contributed by atoms with van der Waals surface area (Å²) in [6, 6.07) is 22.9. The predicted octanol–water partition coefficient (Wildman–Crippen LogP) is 6.31. The van der Waals surface area contributed by atoms with Crippen LogP contribution in [-0.4, -0.2) is 28.0 Å². The Morgan fingerprint density at radius 1 is 0.818 bits per heavy atom. The van der Waals surface area contributed by atoms with E-state index < -0.39 is 0 Å². The topological polar surface area (TPSA) is 49.2 Å². The van der Waals surface area contributed by atoms with Crippen LogP contribution in [0.15, 0.2) is 72.9 Å². The smallest absolute Gasteiger partial charge is 0.163 e. The second-order valence-electron chi connectivity index (χ2n) is 9.46. The molecule has 6 rings (SSSR count). The fourth-order valence-electron chi connectivity index (χ4n) is 4.42. The van der Waals surface area contributed by atoms with E-state index in [-0.39, 0.29) is 5.41 Å². The lowest BCUT2D eigenvalue weighted by atomic mass is 9.87. The third-order valence-electron chi connectivity index (χ3n) is 6.20. The first-order valence-electron chi connectivity index (χ1n) is 11.3. The molecule has 0 spiro atoms. The highest BCUT2D eigenvalue weighted by Gasteiger charge is 2.21. The fraction of sp³-hybridized carbons (Fsp3) is 0.214. The van der Waals surface area contributed by atoms with Gasteiger partial charge in [0, 0.05) is 28.6 Å². The molecule has 0 radical (unpaired) electrons. The number of ether oxygens (including phenoxy) is 2. The van der Waals surface area contributed by atoms with Crippen LogP contribution in [0, 0.1) is 0 Å². The second-order valence-corrected chi connectivity index (χ2v) is 9.46. The average Bonchev–Trinajstić information content (AvgIpc) is 3.23. The van der Waals surface area contributed by atoms with Gasteiger partial charge in [0.05, 0.1) is 16.7 Å². The lowest BCUT2D eigenvalue weighted by Gasteiger charge is -2.20. The second kappa shape index (κ2) is 7.34. The van der Waals surface area contributed by atoms with Crippen molar-refractivity contribution in [2.45, 2.75) is 26.2 Å². The van der Waals surface area contributed by atoms with E-state index in [2.05, 4.69) is 57.2 Å². The molecule has 5 aromatic rings. The molecule has 0 fully saturated rings. The quantitative estimate of drug-likeness (QED) is 0.326. The molecule has 0 N–H and O–H groups in total. The Hall–Kier alpha value is -3.86. The van der Waals surface area contributed by atoms with Crippen molar-refractivity contribution in [2.75, 3.05) is 13.2 Å². The molecule has 1 aliphatic rings. The third-order valence-corrected chi connectivity index (χ3v) is 6.20. The minimum absolute atomic E-state index is 0.0902. The van der Waals surface area contributed by atoms with Crippen LogP contribution in [0.3, 0.4) is 0 Å². The minimum atomic E-state index is 0.0902. The maximum atomic E-state index is 5.89. The lowest BCUT2D eigenvalue weighted by Crippen LogP contribution is -2.15. The summed E-state index contributed by atoms with van der Waals surface area (Å²) < 4.78 is 13.7. The molecule has 0 aliphatic carbocycles. The molecule has 0 saturated carbocycles. The summed E-state index contributed by atoms with van der Waals surface area (Å²) in [5.41, 5.74) is 6.24. The van der Waals surface area contributed by atoms with Crippen LogP contribution in [-0.2, 0) is 5.41 Å². The van der Waals surface area contributed by atoms with Crippen LogP contribution in [0.4, 0.5) is 0 Å². The lowest BCUT2D eigenvalue weighted by molar-refractivity contribution is 0.172. The van der Waals surface area contributed by atoms with Gasteiger partial charge in [0.15, 0.2) is 11.5 Å². The summed E-state index contributed by atoms with van der Waals surface area (Å²) >= 11 is 0. The van der Waals surface area contributed by atoms with Gasteiger partial charge in [0.2, 0.25) is 0 Å². The van der Waals surface area contributed by atoms with Gasteiger partial charge in [-0.1, -0.05) is 63.2 Å². The summed E-state index contributed by atoms with van der Waals surface area (Å²) in [7, 11) is 0. The highest BCUT2D eigenvalue weighted by molar-refractivity contribution is 6.09. The summed E-state index contributed by atoms with van der Waals surface area (Å²) in [5.74, 6) is 1.49. The van der Waals surface area contributed by atoms with Gasteiger partial charge in [0.25, 0.3) is 0 Å².